The van der Waals surface area contributed by atoms with Gasteiger partial charge in [0, 0.05) is 22.2 Å². The minimum atomic E-state index is -0.528. The molecule has 11 heteroatoms. The normalized spacial score (nSPS) is 11.6. The summed E-state index contributed by atoms with van der Waals surface area (Å²) in [5.74, 6) is 0.257. The highest BCUT2D eigenvalue weighted by molar-refractivity contribution is 8.00. The zero-order chi connectivity index (χ0) is 36.2. The molecular formula is C40H36ClN3O6S. The van der Waals surface area contributed by atoms with E-state index in [-0.39, 0.29) is 11.6 Å². The van der Waals surface area contributed by atoms with Crippen LogP contribution in [0.3, 0.4) is 0 Å². The van der Waals surface area contributed by atoms with Crippen molar-refractivity contribution in [3.63, 3.8) is 0 Å². The summed E-state index contributed by atoms with van der Waals surface area (Å²) in [6, 6.07) is 36.0. The third-order valence-electron chi connectivity index (χ3n) is 7.47. The maximum atomic E-state index is 13.7. The molecule has 0 saturated carbocycles. The van der Waals surface area contributed by atoms with Crippen LogP contribution in [0, 0.1) is 0 Å². The molecule has 0 bridgehead atoms. The first-order chi connectivity index (χ1) is 24.7. The van der Waals surface area contributed by atoms with Crippen molar-refractivity contribution in [3.8, 4) is 17.2 Å². The number of methoxy groups -OCH3 is 2. The fraction of sp³-hybridized carbons (Fsp3) is 0.125. The third-order valence-corrected chi connectivity index (χ3v) is 8.86. The number of carbonyl (C=O) groups excluding carboxylic acids is 3. The lowest BCUT2D eigenvalue weighted by molar-refractivity contribution is -0.115. The first kappa shape index (κ1) is 36.6. The van der Waals surface area contributed by atoms with Crippen LogP contribution in [0.25, 0.3) is 6.08 Å². The second-order valence-corrected chi connectivity index (χ2v) is 13.0. The Labute approximate surface area is 306 Å². The predicted octanol–water partition coefficient (Wildman–Crippen LogP) is 8.47. The molecule has 3 amide bonds. The van der Waals surface area contributed by atoms with E-state index >= 15 is 0 Å². The molecular weight excluding hydrogens is 686 g/mol. The average Bonchev–Trinajstić information content (AvgIpc) is 3.15. The molecule has 260 valence electrons. The molecule has 9 nitrogen and oxygen atoms in total. The van der Waals surface area contributed by atoms with Crippen LogP contribution < -0.4 is 30.2 Å². The van der Waals surface area contributed by atoms with Crippen molar-refractivity contribution in [1.29, 1.82) is 0 Å². The molecule has 0 spiro atoms. The van der Waals surface area contributed by atoms with Crippen molar-refractivity contribution < 1.29 is 28.6 Å². The topological polar surface area (TPSA) is 115 Å². The Morgan fingerprint density at radius 2 is 1.47 bits per heavy atom. The smallest absolute Gasteiger partial charge is 0.272 e. The molecule has 0 saturated heterocycles. The van der Waals surface area contributed by atoms with E-state index in [0.29, 0.717) is 51.4 Å². The van der Waals surface area contributed by atoms with E-state index in [4.69, 9.17) is 25.8 Å². The first-order valence-corrected chi connectivity index (χ1v) is 17.1. The molecule has 5 aromatic carbocycles. The lowest BCUT2D eigenvalue weighted by Crippen LogP contribution is -2.30. The van der Waals surface area contributed by atoms with Gasteiger partial charge in [0.2, 0.25) is 5.91 Å². The summed E-state index contributed by atoms with van der Waals surface area (Å²) in [5, 5.41) is 8.30. The Bertz CT molecular complexity index is 2010. The quantitative estimate of drug-likeness (QED) is 0.0779. The van der Waals surface area contributed by atoms with Crippen LogP contribution >= 0.6 is 23.4 Å². The van der Waals surface area contributed by atoms with Crippen molar-refractivity contribution in [2.45, 2.75) is 23.7 Å². The summed E-state index contributed by atoms with van der Waals surface area (Å²) in [7, 11) is 2.98. The highest BCUT2D eigenvalue weighted by Crippen LogP contribution is 2.36. The van der Waals surface area contributed by atoms with Crippen LogP contribution in [0.5, 0.6) is 17.2 Å². The second kappa shape index (κ2) is 17.8. The van der Waals surface area contributed by atoms with Crippen LogP contribution in [0.4, 0.5) is 11.4 Å². The summed E-state index contributed by atoms with van der Waals surface area (Å²) in [4.78, 5) is 40.7. The first-order valence-electron chi connectivity index (χ1n) is 15.9. The number of rotatable bonds is 14. The van der Waals surface area contributed by atoms with Gasteiger partial charge < -0.3 is 30.2 Å². The number of amides is 3. The van der Waals surface area contributed by atoms with Crippen LogP contribution in [-0.2, 0) is 16.2 Å². The lowest BCUT2D eigenvalue weighted by Gasteiger charge is -2.16. The second-order valence-electron chi connectivity index (χ2n) is 11.1. The fourth-order valence-electron chi connectivity index (χ4n) is 4.81. The van der Waals surface area contributed by atoms with Gasteiger partial charge in [0.05, 0.1) is 30.2 Å². The molecule has 1 unspecified atom stereocenters. The zero-order valence-electron chi connectivity index (χ0n) is 28.1. The van der Waals surface area contributed by atoms with Crippen molar-refractivity contribution in [1.82, 2.24) is 5.32 Å². The number of ether oxygens (including phenoxy) is 3. The number of benzene rings is 5. The predicted molar refractivity (Wildman–Crippen MR) is 203 cm³/mol. The van der Waals surface area contributed by atoms with Crippen LogP contribution in [-0.4, -0.2) is 37.2 Å². The van der Waals surface area contributed by atoms with Gasteiger partial charge in [-0.25, -0.2) is 0 Å². The molecule has 0 aliphatic carbocycles. The molecule has 3 N–H and O–H groups in total. The molecule has 5 rings (SSSR count). The van der Waals surface area contributed by atoms with Gasteiger partial charge >= 0.3 is 0 Å². The Morgan fingerprint density at radius 1 is 0.784 bits per heavy atom. The number of hydrogen-bond donors (Lipinski definition) is 3. The summed E-state index contributed by atoms with van der Waals surface area (Å²) < 4.78 is 16.5. The number of anilines is 2. The molecule has 1 atom stereocenters. The summed E-state index contributed by atoms with van der Waals surface area (Å²) in [6.07, 6.45) is 1.60. The molecule has 0 fully saturated rings. The van der Waals surface area contributed by atoms with Gasteiger partial charge in [-0.15, -0.1) is 11.8 Å². The minimum absolute atomic E-state index is 0.0414. The molecule has 5 aromatic rings. The van der Waals surface area contributed by atoms with Gasteiger partial charge in [0.1, 0.15) is 29.6 Å². The van der Waals surface area contributed by atoms with Gasteiger partial charge in [0.15, 0.2) is 0 Å². The Balaban J connectivity index is 1.28. The monoisotopic (exact) mass is 721 g/mol. The minimum Gasteiger partial charge on any atom is -0.495 e. The van der Waals surface area contributed by atoms with Gasteiger partial charge in [-0.1, -0.05) is 78.3 Å². The maximum Gasteiger partial charge on any atom is 0.272 e. The van der Waals surface area contributed by atoms with E-state index in [1.54, 1.807) is 91.9 Å². The highest BCUT2D eigenvalue weighted by atomic mass is 35.5. The molecule has 0 heterocycles. The molecule has 0 radical (unpaired) electrons. The van der Waals surface area contributed by atoms with E-state index < -0.39 is 17.1 Å². The van der Waals surface area contributed by atoms with Crippen LogP contribution in [0.15, 0.2) is 132 Å². The number of hydrogen-bond acceptors (Lipinski definition) is 7. The van der Waals surface area contributed by atoms with E-state index in [2.05, 4.69) is 16.0 Å². The van der Waals surface area contributed by atoms with Crippen molar-refractivity contribution in [2.24, 2.45) is 0 Å². The highest BCUT2D eigenvalue weighted by Gasteiger charge is 2.20. The van der Waals surface area contributed by atoms with E-state index in [1.165, 1.54) is 26.0 Å². The standard InChI is InChI=1S/C40H36ClN3O6S/c1-26(38(45)43-34-23-33(41)36(48-2)24-37(34)49-3)51-32-16-10-15-30(22-32)42-40(47)35(44-39(46)29-13-8-5-9-14-29)21-27-17-19-31(20-18-27)50-25-28-11-6-4-7-12-28/h4-24,26H,25H2,1-3H3,(H,42,47)(H,43,45)(H,44,46)/b35-21+. The number of carbonyl (C=O) groups is 3. The van der Waals surface area contributed by atoms with E-state index in [9.17, 15) is 14.4 Å². The molecule has 0 aliphatic heterocycles. The Hall–Kier alpha value is -5.71. The van der Waals surface area contributed by atoms with Gasteiger partial charge in [0.25, 0.3) is 11.8 Å². The van der Waals surface area contributed by atoms with Crippen LogP contribution in [0.2, 0.25) is 5.02 Å². The Morgan fingerprint density at radius 3 is 2.16 bits per heavy atom. The van der Waals surface area contributed by atoms with E-state index in [0.717, 1.165) is 10.5 Å². The lowest BCUT2D eigenvalue weighted by atomic mass is 10.1. The van der Waals surface area contributed by atoms with Gasteiger partial charge in [-0.2, -0.15) is 0 Å². The van der Waals surface area contributed by atoms with Gasteiger partial charge in [-0.05, 0) is 72.7 Å². The average molecular weight is 722 g/mol. The third kappa shape index (κ3) is 10.4. The maximum absolute atomic E-state index is 13.7. The van der Waals surface area contributed by atoms with Crippen molar-refractivity contribution >= 4 is 58.5 Å². The van der Waals surface area contributed by atoms with Crippen molar-refractivity contribution in [2.75, 3.05) is 24.9 Å². The summed E-state index contributed by atoms with van der Waals surface area (Å²) in [5.41, 5.74) is 3.06. The van der Waals surface area contributed by atoms with E-state index in [1.807, 2.05) is 42.5 Å². The molecule has 0 aromatic heterocycles. The SMILES string of the molecule is COc1cc(OC)c(NC(=O)C(C)Sc2cccc(NC(=O)/C(=C\c3ccc(OCc4ccccc4)cc3)NC(=O)c3ccccc3)c2)cc1Cl. The number of thioether (sulfide) groups is 1. The largest absolute Gasteiger partial charge is 0.495 e. The van der Waals surface area contributed by atoms with Crippen molar-refractivity contribution in [3.05, 3.63) is 149 Å². The zero-order valence-corrected chi connectivity index (χ0v) is 29.7. The number of nitrogens with one attached hydrogen (secondary N) is 3. The van der Waals surface area contributed by atoms with Crippen LogP contribution in [0.1, 0.15) is 28.4 Å². The molecule has 51 heavy (non-hydrogen) atoms. The summed E-state index contributed by atoms with van der Waals surface area (Å²) >= 11 is 7.57. The molecule has 0 aliphatic rings. The number of halogens is 1. The van der Waals surface area contributed by atoms with Gasteiger partial charge in [-0.3, -0.25) is 14.4 Å². The Kier molecular flexibility index (Phi) is 12.8. The fourth-order valence-corrected chi connectivity index (χ4v) is 5.97. The summed E-state index contributed by atoms with van der Waals surface area (Å²) in [6.45, 7) is 2.19.